The standard InChI is InChI=1S/C10H14BrNO2S/c1-3-8(2)12-15(13,14)10-7-5-4-6-9(10)11/h4-8,12H,3H2,1-2H3. The van der Waals surface area contributed by atoms with Crippen LogP contribution in [0.5, 0.6) is 0 Å². The highest BCUT2D eigenvalue weighted by Gasteiger charge is 2.18. The molecule has 15 heavy (non-hydrogen) atoms. The molecule has 84 valence electrons. The van der Waals surface area contributed by atoms with Gasteiger partial charge in [0.15, 0.2) is 0 Å². The maximum absolute atomic E-state index is 11.9. The Morgan fingerprint density at radius 1 is 1.40 bits per heavy atom. The zero-order valence-electron chi connectivity index (χ0n) is 8.70. The minimum Gasteiger partial charge on any atom is -0.208 e. The van der Waals surface area contributed by atoms with Crippen LogP contribution in [0.15, 0.2) is 33.6 Å². The van der Waals surface area contributed by atoms with E-state index in [2.05, 4.69) is 20.7 Å². The Labute approximate surface area is 99.1 Å². The largest absolute Gasteiger partial charge is 0.241 e. The van der Waals surface area contributed by atoms with Crippen LogP contribution in [-0.2, 0) is 10.0 Å². The molecule has 0 aliphatic rings. The van der Waals surface area contributed by atoms with E-state index in [0.29, 0.717) is 4.47 Å². The fourth-order valence-corrected chi connectivity index (χ4v) is 3.40. The first-order chi connectivity index (χ1) is 6.97. The van der Waals surface area contributed by atoms with Gasteiger partial charge in [0.2, 0.25) is 10.0 Å². The van der Waals surface area contributed by atoms with Crippen molar-refractivity contribution in [1.29, 1.82) is 0 Å². The van der Waals surface area contributed by atoms with E-state index in [4.69, 9.17) is 0 Å². The van der Waals surface area contributed by atoms with Gasteiger partial charge < -0.3 is 0 Å². The summed E-state index contributed by atoms with van der Waals surface area (Å²) in [7, 11) is -3.40. The Hall–Kier alpha value is -0.390. The first-order valence-corrected chi connectivity index (χ1v) is 7.02. The molecule has 1 rings (SSSR count). The molecular formula is C10H14BrNO2S. The fourth-order valence-electron chi connectivity index (χ4n) is 1.07. The maximum Gasteiger partial charge on any atom is 0.241 e. The molecule has 1 atom stereocenters. The molecule has 0 saturated heterocycles. The molecule has 0 aliphatic carbocycles. The SMILES string of the molecule is CCC(C)NS(=O)(=O)c1ccccc1Br. The minimum atomic E-state index is -3.40. The first-order valence-electron chi connectivity index (χ1n) is 4.74. The lowest BCUT2D eigenvalue weighted by atomic mass is 10.3. The molecule has 0 saturated carbocycles. The summed E-state index contributed by atoms with van der Waals surface area (Å²) in [5.74, 6) is 0. The molecule has 1 aromatic carbocycles. The molecule has 0 fully saturated rings. The van der Waals surface area contributed by atoms with Crippen molar-refractivity contribution >= 4 is 26.0 Å². The normalized spacial score (nSPS) is 13.8. The molecular weight excluding hydrogens is 278 g/mol. The molecule has 3 nitrogen and oxygen atoms in total. The van der Waals surface area contributed by atoms with Gasteiger partial charge in [0.25, 0.3) is 0 Å². The fraction of sp³-hybridized carbons (Fsp3) is 0.400. The summed E-state index contributed by atoms with van der Waals surface area (Å²) >= 11 is 3.22. The van der Waals surface area contributed by atoms with Crippen LogP contribution in [0.4, 0.5) is 0 Å². The molecule has 0 radical (unpaired) electrons. The van der Waals surface area contributed by atoms with Crippen molar-refractivity contribution in [2.75, 3.05) is 0 Å². The average Bonchev–Trinajstić information content (AvgIpc) is 2.17. The van der Waals surface area contributed by atoms with Crippen molar-refractivity contribution in [3.63, 3.8) is 0 Å². The van der Waals surface area contributed by atoms with E-state index < -0.39 is 10.0 Å². The summed E-state index contributed by atoms with van der Waals surface area (Å²) in [5, 5.41) is 0. The number of rotatable bonds is 4. The highest BCUT2D eigenvalue weighted by Crippen LogP contribution is 2.21. The molecule has 0 amide bonds. The van der Waals surface area contributed by atoms with Crippen LogP contribution in [0.3, 0.4) is 0 Å². The van der Waals surface area contributed by atoms with Crippen molar-refractivity contribution in [3.8, 4) is 0 Å². The lowest BCUT2D eigenvalue weighted by molar-refractivity contribution is 0.555. The van der Waals surface area contributed by atoms with E-state index in [1.165, 1.54) is 0 Å². The van der Waals surface area contributed by atoms with E-state index >= 15 is 0 Å². The summed E-state index contributed by atoms with van der Waals surface area (Å²) in [6, 6.07) is 6.73. The smallest absolute Gasteiger partial charge is 0.208 e. The number of nitrogens with one attached hydrogen (secondary N) is 1. The Bertz CT molecular complexity index is 431. The monoisotopic (exact) mass is 291 g/mol. The van der Waals surface area contributed by atoms with Gasteiger partial charge in [-0.3, -0.25) is 0 Å². The van der Waals surface area contributed by atoms with E-state index in [-0.39, 0.29) is 10.9 Å². The van der Waals surface area contributed by atoms with Crippen LogP contribution in [-0.4, -0.2) is 14.5 Å². The Balaban J connectivity index is 3.02. The van der Waals surface area contributed by atoms with Crippen molar-refractivity contribution in [2.45, 2.75) is 31.2 Å². The van der Waals surface area contributed by atoms with Gasteiger partial charge in [0.1, 0.15) is 0 Å². The summed E-state index contributed by atoms with van der Waals surface area (Å²) in [6.45, 7) is 3.78. The van der Waals surface area contributed by atoms with Crippen molar-refractivity contribution in [3.05, 3.63) is 28.7 Å². The van der Waals surface area contributed by atoms with Gasteiger partial charge in [-0.25, -0.2) is 13.1 Å². The molecule has 0 aliphatic heterocycles. The average molecular weight is 292 g/mol. The molecule has 0 bridgehead atoms. The predicted octanol–water partition coefficient (Wildman–Crippen LogP) is 2.53. The molecule has 0 aromatic heterocycles. The zero-order chi connectivity index (χ0) is 11.5. The summed E-state index contributed by atoms with van der Waals surface area (Å²) in [4.78, 5) is 0.283. The van der Waals surface area contributed by atoms with Gasteiger partial charge in [-0.2, -0.15) is 0 Å². The second-order valence-electron chi connectivity index (χ2n) is 3.36. The minimum absolute atomic E-state index is 0.0536. The van der Waals surface area contributed by atoms with Crippen molar-refractivity contribution < 1.29 is 8.42 Å². The highest BCUT2D eigenvalue weighted by molar-refractivity contribution is 9.10. The maximum atomic E-state index is 11.9. The predicted molar refractivity (Wildman–Crippen MR) is 64.2 cm³/mol. The third-order valence-electron chi connectivity index (χ3n) is 2.09. The third-order valence-corrected chi connectivity index (χ3v) is 4.70. The number of hydrogen-bond donors (Lipinski definition) is 1. The summed E-state index contributed by atoms with van der Waals surface area (Å²) in [5.41, 5.74) is 0. The Kier molecular flexibility index (Phi) is 4.31. The van der Waals surface area contributed by atoms with E-state index in [1.807, 2.05) is 13.8 Å². The molecule has 1 N–H and O–H groups in total. The summed E-state index contributed by atoms with van der Waals surface area (Å²) in [6.07, 6.45) is 0.768. The molecule has 1 unspecified atom stereocenters. The quantitative estimate of drug-likeness (QED) is 0.927. The first kappa shape index (κ1) is 12.7. The van der Waals surface area contributed by atoms with E-state index in [0.717, 1.165) is 6.42 Å². The lowest BCUT2D eigenvalue weighted by Crippen LogP contribution is -2.32. The number of sulfonamides is 1. The second-order valence-corrected chi connectivity index (χ2v) is 5.90. The van der Waals surface area contributed by atoms with Crippen LogP contribution in [0.2, 0.25) is 0 Å². The number of hydrogen-bond acceptors (Lipinski definition) is 2. The number of benzene rings is 1. The van der Waals surface area contributed by atoms with Gasteiger partial charge >= 0.3 is 0 Å². The molecule has 0 heterocycles. The van der Waals surface area contributed by atoms with Gasteiger partial charge in [-0.15, -0.1) is 0 Å². The van der Waals surface area contributed by atoms with Crippen LogP contribution in [0.1, 0.15) is 20.3 Å². The van der Waals surface area contributed by atoms with Gasteiger partial charge in [-0.05, 0) is 41.4 Å². The van der Waals surface area contributed by atoms with Crippen LogP contribution < -0.4 is 4.72 Å². The summed E-state index contributed by atoms with van der Waals surface area (Å²) < 4.78 is 27.0. The molecule has 1 aromatic rings. The lowest BCUT2D eigenvalue weighted by Gasteiger charge is -2.12. The van der Waals surface area contributed by atoms with Crippen LogP contribution >= 0.6 is 15.9 Å². The van der Waals surface area contributed by atoms with Gasteiger partial charge in [0.05, 0.1) is 4.90 Å². The van der Waals surface area contributed by atoms with Gasteiger partial charge in [-0.1, -0.05) is 19.1 Å². The van der Waals surface area contributed by atoms with Crippen LogP contribution in [0.25, 0.3) is 0 Å². The second kappa shape index (κ2) is 5.09. The van der Waals surface area contributed by atoms with Crippen molar-refractivity contribution in [1.82, 2.24) is 4.72 Å². The highest BCUT2D eigenvalue weighted by atomic mass is 79.9. The Morgan fingerprint density at radius 2 is 2.00 bits per heavy atom. The van der Waals surface area contributed by atoms with Gasteiger partial charge in [0, 0.05) is 10.5 Å². The topological polar surface area (TPSA) is 46.2 Å². The molecule has 0 spiro atoms. The number of halogens is 1. The van der Waals surface area contributed by atoms with Crippen molar-refractivity contribution in [2.24, 2.45) is 0 Å². The zero-order valence-corrected chi connectivity index (χ0v) is 11.1. The van der Waals surface area contributed by atoms with E-state index in [1.54, 1.807) is 24.3 Å². The van der Waals surface area contributed by atoms with Crippen LogP contribution in [0, 0.1) is 0 Å². The van der Waals surface area contributed by atoms with E-state index in [9.17, 15) is 8.42 Å². The molecule has 5 heteroatoms. The third kappa shape index (κ3) is 3.29. The Morgan fingerprint density at radius 3 is 2.53 bits per heavy atom.